The second-order valence-corrected chi connectivity index (χ2v) is 10.3. The molecule has 154 valence electrons. The molecule has 0 aliphatic carbocycles. The fourth-order valence-electron chi connectivity index (χ4n) is 6.23. The molecular formula is C23H21Cl3N4. The van der Waals surface area contributed by atoms with Gasteiger partial charge >= 0.3 is 0 Å². The molecule has 2 spiro atoms. The Hall–Kier alpha value is -1.75. The van der Waals surface area contributed by atoms with Gasteiger partial charge in [-0.1, -0.05) is 23.2 Å². The van der Waals surface area contributed by atoms with Gasteiger partial charge in [-0.3, -0.25) is 0 Å². The van der Waals surface area contributed by atoms with Crippen LogP contribution in [0.1, 0.15) is 17.5 Å². The average Bonchev–Trinajstić information content (AvgIpc) is 3.06. The number of benzene rings is 2. The van der Waals surface area contributed by atoms with Crippen LogP contribution in [0.4, 0.5) is 11.4 Å². The van der Waals surface area contributed by atoms with Crippen molar-refractivity contribution in [2.45, 2.75) is 23.6 Å². The Balaban J connectivity index is 1.69. The Bertz CT molecular complexity index is 1160. The van der Waals surface area contributed by atoms with Crippen LogP contribution in [-0.2, 0) is 11.8 Å². The summed E-state index contributed by atoms with van der Waals surface area (Å²) in [5.74, 6) is 2.14. The zero-order chi connectivity index (χ0) is 20.8. The Labute approximate surface area is 191 Å². The molecule has 0 N–H and O–H groups in total. The highest BCUT2D eigenvalue weighted by Crippen LogP contribution is 2.64. The maximum atomic E-state index is 7.32. The molecule has 4 aliphatic rings. The van der Waals surface area contributed by atoms with E-state index >= 15 is 0 Å². The van der Waals surface area contributed by atoms with E-state index in [2.05, 4.69) is 36.0 Å². The lowest BCUT2D eigenvalue weighted by atomic mass is 9.49. The summed E-state index contributed by atoms with van der Waals surface area (Å²) in [4.78, 5) is 14.8. The van der Waals surface area contributed by atoms with Crippen LogP contribution >= 0.6 is 34.8 Å². The van der Waals surface area contributed by atoms with Crippen molar-refractivity contribution in [1.29, 1.82) is 0 Å². The normalized spacial score (nSPS) is 31.2. The van der Waals surface area contributed by atoms with E-state index in [1.165, 1.54) is 5.56 Å². The van der Waals surface area contributed by atoms with Gasteiger partial charge in [0.05, 0.1) is 27.6 Å². The summed E-state index contributed by atoms with van der Waals surface area (Å²) in [7, 11) is 4.22. The van der Waals surface area contributed by atoms with E-state index in [4.69, 9.17) is 44.8 Å². The van der Waals surface area contributed by atoms with Crippen molar-refractivity contribution >= 4 is 57.8 Å². The Morgan fingerprint density at radius 3 is 2.43 bits per heavy atom. The van der Waals surface area contributed by atoms with Gasteiger partial charge in [-0.05, 0) is 60.4 Å². The number of hydrogen-bond acceptors (Lipinski definition) is 4. The van der Waals surface area contributed by atoms with Gasteiger partial charge < -0.3 is 9.80 Å². The van der Waals surface area contributed by atoms with E-state index in [1.807, 2.05) is 24.3 Å². The summed E-state index contributed by atoms with van der Waals surface area (Å²) in [6, 6.07) is 12.0. The molecule has 4 nitrogen and oxygen atoms in total. The predicted molar refractivity (Wildman–Crippen MR) is 124 cm³/mol. The van der Waals surface area contributed by atoms with Crippen molar-refractivity contribution in [2.24, 2.45) is 15.4 Å². The number of fused-ring (bicyclic) bond motifs is 2. The third kappa shape index (κ3) is 2.15. The summed E-state index contributed by atoms with van der Waals surface area (Å²) in [6.45, 7) is 1.60. The zero-order valence-electron chi connectivity index (χ0n) is 16.8. The molecule has 3 unspecified atom stereocenters. The number of rotatable bonds is 0. The molecule has 0 radical (unpaired) electrons. The molecule has 30 heavy (non-hydrogen) atoms. The van der Waals surface area contributed by atoms with Crippen LogP contribution in [0.3, 0.4) is 0 Å². The number of piperidine rings is 2. The fraction of sp³-hybridized carbons (Fsp3) is 0.391. The van der Waals surface area contributed by atoms with Crippen LogP contribution in [0, 0.1) is 5.41 Å². The van der Waals surface area contributed by atoms with Gasteiger partial charge in [-0.2, -0.15) is 0 Å². The lowest BCUT2D eigenvalue weighted by molar-refractivity contribution is 0.127. The smallest absolute Gasteiger partial charge is 0.118 e. The molecule has 4 heterocycles. The van der Waals surface area contributed by atoms with E-state index in [-0.39, 0.29) is 10.8 Å². The molecule has 0 amide bonds. The first-order chi connectivity index (χ1) is 14.4. The van der Waals surface area contributed by atoms with Gasteiger partial charge in [-0.15, -0.1) is 11.6 Å². The molecule has 0 saturated carbocycles. The highest BCUT2D eigenvalue weighted by Gasteiger charge is 2.70. The molecule has 3 atom stereocenters. The predicted octanol–water partition coefficient (Wildman–Crippen LogP) is 5.44. The van der Waals surface area contributed by atoms with Crippen LogP contribution in [0.5, 0.6) is 0 Å². The van der Waals surface area contributed by atoms with Crippen molar-refractivity contribution in [1.82, 2.24) is 9.80 Å². The van der Waals surface area contributed by atoms with E-state index in [0.29, 0.717) is 11.6 Å². The van der Waals surface area contributed by atoms with Gasteiger partial charge in [0, 0.05) is 37.2 Å². The van der Waals surface area contributed by atoms with Gasteiger partial charge in [-0.25, -0.2) is 9.98 Å². The Kier molecular flexibility index (Phi) is 3.89. The van der Waals surface area contributed by atoms with Crippen LogP contribution < -0.4 is 0 Å². The zero-order valence-corrected chi connectivity index (χ0v) is 19.1. The minimum atomic E-state index is -0.479. The SMILES string of the molecule is CN1CC(Cl)C23C(=Nc4ccc(Cl)cc42)N(C)CCC32Cc3cc(Cl)ccc3N=C12. The first-order valence-corrected chi connectivity index (χ1v) is 11.4. The topological polar surface area (TPSA) is 31.2 Å². The molecule has 2 aromatic rings. The van der Waals surface area contributed by atoms with E-state index in [1.54, 1.807) is 0 Å². The van der Waals surface area contributed by atoms with Crippen LogP contribution in [-0.4, -0.2) is 54.0 Å². The number of alkyl halides is 1. The van der Waals surface area contributed by atoms with E-state index in [9.17, 15) is 0 Å². The number of halogens is 3. The highest BCUT2D eigenvalue weighted by molar-refractivity contribution is 6.32. The average molecular weight is 460 g/mol. The number of hydrogen-bond donors (Lipinski definition) is 0. The molecule has 7 heteroatoms. The highest BCUT2D eigenvalue weighted by atomic mass is 35.5. The molecule has 0 bridgehead atoms. The largest absolute Gasteiger partial charge is 0.362 e. The van der Waals surface area contributed by atoms with E-state index < -0.39 is 5.41 Å². The van der Waals surface area contributed by atoms with Crippen molar-refractivity contribution in [3.8, 4) is 0 Å². The summed E-state index contributed by atoms with van der Waals surface area (Å²) in [5.41, 5.74) is 3.48. The second kappa shape index (κ2) is 6.15. The third-order valence-corrected chi connectivity index (χ3v) is 8.34. The summed E-state index contributed by atoms with van der Waals surface area (Å²) in [6.07, 6.45) is 1.76. The van der Waals surface area contributed by atoms with Crippen molar-refractivity contribution in [3.05, 3.63) is 57.6 Å². The molecule has 4 aliphatic heterocycles. The number of amidine groups is 2. The first kappa shape index (κ1) is 19.0. The first-order valence-electron chi connectivity index (χ1n) is 10.2. The fourth-order valence-corrected chi connectivity index (χ4v) is 7.23. The summed E-state index contributed by atoms with van der Waals surface area (Å²) < 4.78 is 0. The maximum absolute atomic E-state index is 7.32. The molecular weight excluding hydrogens is 439 g/mol. The van der Waals surface area contributed by atoms with Gasteiger partial charge in [0.2, 0.25) is 0 Å². The number of likely N-dealkylation sites (N-methyl/N-ethyl adjacent to an activating group) is 1. The lowest BCUT2D eigenvalue weighted by Crippen LogP contribution is -2.74. The number of aliphatic imine (C=N–C) groups is 2. The third-order valence-electron chi connectivity index (χ3n) is 7.41. The molecule has 2 fully saturated rings. The van der Waals surface area contributed by atoms with E-state index in [0.717, 1.165) is 53.0 Å². The Morgan fingerprint density at radius 2 is 1.63 bits per heavy atom. The van der Waals surface area contributed by atoms with Crippen LogP contribution in [0.15, 0.2) is 46.4 Å². The number of nitrogens with zero attached hydrogens (tertiary/aromatic N) is 4. The second-order valence-electron chi connectivity index (χ2n) is 8.89. The van der Waals surface area contributed by atoms with Gasteiger partial charge in [0.15, 0.2) is 0 Å². The molecule has 2 saturated heterocycles. The Morgan fingerprint density at radius 1 is 0.933 bits per heavy atom. The monoisotopic (exact) mass is 458 g/mol. The van der Waals surface area contributed by atoms with Gasteiger partial charge in [0.25, 0.3) is 0 Å². The summed E-state index contributed by atoms with van der Waals surface area (Å²) in [5, 5.41) is 1.29. The summed E-state index contributed by atoms with van der Waals surface area (Å²) >= 11 is 20.2. The number of likely N-dealkylation sites (tertiary alicyclic amines) is 2. The van der Waals surface area contributed by atoms with Crippen LogP contribution in [0.2, 0.25) is 10.0 Å². The van der Waals surface area contributed by atoms with Crippen LogP contribution in [0.25, 0.3) is 0 Å². The quantitative estimate of drug-likeness (QED) is 0.492. The molecule has 6 rings (SSSR count). The van der Waals surface area contributed by atoms with Crippen molar-refractivity contribution in [2.75, 3.05) is 27.2 Å². The minimum absolute atomic E-state index is 0.164. The minimum Gasteiger partial charge on any atom is -0.362 e. The standard InChI is InChI=1S/C23H21Cl3N4/c1-29-8-7-22-11-13-9-14(24)3-5-17(13)27-20(22)30(2)12-19(26)23(22)16-10-15(25)4-6-18(16)28-21(23)29/h3-6,9-10,19H,7-8,11-12H2,1-2H3. The lowest BCUT2D eigenvalue weighted by Gasteiger charge is -2.62. The van der Waals surface area contributed by atoms with Crippen molar-refractivity contribution < 1.29 is 0 Å². The maximum Gasteiger partial charge on any atom is 0.118 e. The molecule has 0 aromatic heterocycles. The molecule has 2 aromatic carbocycles. The van der Waals surface area contributed by atoms with Crippen molar-refractivity contribution in [3.63, 3.8) is 0 Å². The van der Waals surface area contributed by atoms with Gasteiger partial charge in [0.1, 0.15) is 11.7 Å².